The maximum absolute atomic E-state index is 10.6. The van der Waals surface area contributed by atoms with Gasteiger partial charge in [-0.3, -0.25) is 0 Å². The summed E-state index contributed by atoms with van der Waals surface area (Å²) < 4.78 is 0.366. The molecule has 0 aliphatic heterocycles. The summed E-state index contributed by atoms with van der Waals surface area (Å²) in [5, 5.41) is 8.66. The smallest absolute Gasteiger partial charge is 0.354 e. The summed E-state index contributed by atoms with van der Waals surface area (Å²) in [4.78, 5) is 14.3. The number of pyridine rings is 1. The molecule has 0 unspecified atom stereocenters. The summed E-state index contributed by atoms with van der Waals surface area (Å²) >= 11 is 3.05. The lowest BCUT2D eigenvalue weighted by atomic mass is 10.2. The number of anilines is 1. The Morgan fingerprint density at radius 2 is 2.33 bits per heavy atom. The van der Waals surface area contributed by atoms with Gasteiger partial charge in [0, 0.05) is 0 Å². The Hall–Kier alpha value is -1.10. The monoisotopic (exact) mass is 230 g/mol. The van der Waals surface area contributed by atoms with Gasteiger partial charge in [-0.1, -0.05) is 0 Å². The van der Waals surface area contributed by atoms with Crippen LogP contribution in [0.3, 0.4) is 0 Å². The molecule has 1 aromatic heterocycles. The van der Waals surface area contributed by atoms with Crippen molar-refractivity contribution in [3.63, 3.8) is 0 Å². The molecule has 0 bridgehead atoms. The van der Waals surface area contributed by atoms with Gasteiger partial charge in [-0.05, 0) is 34.5 Å². The maximum atomic E-state index is 10.6. The zero-order valence-electron chi connectivity index (χ0n) is 6.34. The number of rotatable bonds is 1. The van der Waals surface area contributed by atoms with Gasteiger partial charge in [-0.2, -0.15) is 0 Å². The SMILES string of the molecule is Cc1cc(N)c(Br)nc1C(=O)O. The highest BCUT2D eigenvalue weighted by Crippen LogP contribution is 2.19. The highest BCUT2D eigenvalue weighted by molar-refractivity contribution is 9.10. The van der Waals surface area contributed by atoms with Gasteiger partial charge >= 0.3 is 5.97 Å². The summed E-state index contributed by atoms with van der Waals surface area (Å²) in [5.74, 6) is -1.05. The van der Waals surface area contributed by atoms with Crippen molar-refractivity contribution in [2.75, 3.05) is 5.73 Å². The molecule has 0 saturated heterocycles. The van der Waals surface area contributed by atoms with E-state index in [2.05, 4.69) is 20.9 Å². The number of aromatic nitrogens is 1. The van der Waals surface area contributed by atoms with Crippen LogP contribution in [0.4, 0.5) is 5.69 Å². The second-order valence-corrected chi connectivity index (χ2v) is 3.09. The lowest BCUT2D eigenvalue weighted by molar-refractivity contribution is 0.0689. The number of carboxylic acids is 1. The Labute approximate surface area is 77.5 Å². The first-order chi connectivity index (χ1) is 5.52. The van der Waals surface area contributed by atoms with Gasteiger partial charge in [0.1, 0.15) is 4.60 Å². The summed E-state index contributed by atoms with van der Waals surface area (Å²) in [6.45, 7) is 1.65. The highest BCUT2D eigenvalue weighted by atomic mass is 79.9. The molecule has 1 aromatic rings. The molecule has 1 heterocycles. The molecule has 64 valence electrons. The van der Waals surface area contributed by atoms with Crippen molar-refractivity contribution in [1.82, 2.24) is 4.98 Å². The molecule has 0 amide bonds. The fraction of sp³-hybridized carbons (Fsp3) is 0.143. The van der Waals surface area contributed by atoms with Crippen LogP contribution in [-0.2, 0) is 0 Å². The van der Waals surface area contributed by atoms with E-state index in [4.69, 9.17) is 10.8 Å². The van der Waals surface area contributed by atoms with Crippen molar-refractivity contribution in [3.05, 3.63) is 21.9 Å². The number of hydrogen-bond donors (Lipinski definition) is 2. The van der Waals surface area contributed by atoms with Crippen molar-refractivity contribution < 1.29 is 9.90 Å². The van der Waals surface area contributed by atoms with Crippen LogP contribution in [0.15, 0.2) is 10.7 Å². The van der Waals surface area contributed by atoms with E-state index in [1.807, 2.05) is 0 Å². The zero-order chi connectivity index (χ0) is 9.30. The van der Waals surface area contributed by atoms with Crippen LogP contribution >= 0.6 is 15.9 Å². The molecule has 5 heteroatoms. The minimum absolute atomic E-state index is 0.0241. The number of nitrogens with zero attached hydrogens (tertiary/aromatic N) is 1. The van der Waals surface area contributed by atoms with E-state index in [-0.39, 0.29) is 5.69 Å². The van der Waals surface area contributed by atoms with E-state index in [1.165, 1.54) is 0 Å². The van der Waals surface area contributed by atoms with E-state index in [9.17, 15) is 4.79 Å². The molecule has 0 aliphatic rings. The average molecular weight is 231 g/mol. The maximum Gasteiger partial charge on any atom is 0.354 e. The number of aryl methyl sites for hydroxylation is 1. The lowest BCUT2D eigenvalue weighted by Gasteiger charge is -2.02. The minimum atomic E-state index is -1.05. The van der Waals surface area contributed by atoms with Gasteiger partial charge in [0.05, 0.1) is 5.69 Å². The molecular weight excluding hydrogens is 224 g/mol. The van der Waals surface area contributed by atoms with Gasteiger partial charge in [0.2, 0.25) is 0 Å². The van der Waals surface area contributed by atoms with Crippen LogP contribution in [0.25, 0.3) is 0 Å². The van der Waals surface area contributed by atoms with Crippen molar-refractivity contribution >= 4 is 27.6 Å². The quantitative estimate of drug-likeness (QED) is 0.717. The number of halogens is 1. The van der Waals surface area contributed by atoms with E-state index in [1.54, 1.807) is 13.0 Å². The fourth-order valence-electron chi connectivity index (χ4n) is 0.829. The Morgan fingerprint density at radius 1 is 1.75 bits per heavy atom. The third-order valence-corrected chi connectivity index (χ3v) is 2.03. The van der Waals surface area contributed by atoms with Gasteiger partial charge in [0.25, 0.3) is 0 Å². The minimum Gasteiger partial charge on any atom is -0.477 e. The first-order valence-electron chi connectivity index (χ1n) is 3.18. The van der Waals surface area contributed by atoms with Gasteiger partial charge in [-0.15, -0.1) is 0 Å². The number of nitrogen functional groups attached to an aromatic ring is 1. The van der Waals surface area contributed by atoms with Crippen LogP contribution in [0.2, 0.25) is 0 Å². The topological polar surface area (TPSA) is 76.2 Å². The molecule has 3 N–H and O–H groups in total. The molecule has 12 heavy (non-hydrogen) atoms. The van der Waals surface area contributed by atoms with Gasteiger partial charge in [0.15, 0.2) is 5.69 Å². The Balaban J connectivity index is 3.33. The van der Waals surface area contributed by atoms with E-state index in [0.717, 1.165) is 0 Å². The number of carboxylic acid groups (broad SMARTS) is 1. The van der Waals surface area contributed by atoms with Crippen molar-refractivity contribution in [2.45, 2.75) is 6.92 Å². The molecule has 0 saturated carbocycles. The van der Waals surface area contributed by atoms with E-state index < -0.39 is 5.97 Å². The predicted octanol–water partition coefficient (Wildman–Crippen LogP) is 1.43. The molecule has 0 fully saturated rings. The Kier molecular flexibility index (Phi) is 2.32. The Bertz CT molecular complexity index is 338. The molecule has 0 spiro atoms. The van der Waals surface area contributed by atoms with Crippen molar-refractivity contribution in [1.29, 1.82) is 0 Å². The number of nitrogens with two attached hydrogens (primary N) is 1. The molecule has 0 atom stereocenters. The molecule has 0 aromatic carbocycles. The van der Waals surface area contributed by atoms with Crippen LogP contribution in [0, 0.1) is 6.92 Å². The second-order valence-electron chi connectivity index (χ2n) is 2.34. The highest BCUT2D eigenvalue weighted by Gasteiger charge is 2.10. The first-order valence-corrected chi connectivity index (χ1v) is 3.97. The fourth-order valence-corrected chi connectivity index (χ4v) is 1.12. The van der Waals surface area contributed by atoms with Crippen molar-refractivity contribution in [3.8, 4) is 0 Å². The number of carbonyl (C=O) groups is 1. The third kappa shape index (κ3) is 1.55. The number of hydrogen-bond acceptors (Lipinski definition) is 3. The van der Waals surface area contributed by atoms with Gasteiger partial charge < -0.3 is 10.8 Å². The van der Waals surface area contributed by atoms with Crippen LogP contribution in [-0.4, -0.2) is 16.1 Å². The third-order valence-electron chi connectivity index (χ3n) is 1.40. The largest absolute Gasteiger partial charge is 0.477 e. The zero-order valence-corrected chi connectivity index (χ0v) is 7.92. The summed E-state index contributed by atoms with van der Waals surface area (Å²) in [5.41, 5.74) is 6.51. The van der Waals surface area contributed by atoms with Gasteiger partial charge in [-0.25, -0.2) is 9.78 Å². The lowest BCUT2D eigenvalue weighted by Crippen LogP contribution is -2.05. The summed E-state index contributed by atoms with van der Waals surface area (Å²) in [7, 11) is 0. The van der Waals surface area contributed by atoms with E-state index in [0.29, 0.717) is 15.9 Å². The number of aromatic carboxylic acids is 1. The molecular formula is C7H7BrN2O2. The van der Waals surface area contributed by atoms with Crippen LogP contribution < -0.4 is 5.73 Å². The first kappa shape index (κ1) is 8.99. The summed E-state index contributed by atoms with van der Waals surface area (Å²) in [6, 6.07) is 1.57. The molecule has 1 rings (SSSR count). The van der Waals surface area contributed by atoms with Crippen LogP contribution in [0.1, 0.15) is 16.1 Å². The molecule has 4 nitrogen and oxygen atoms in total. The van der Waals surface area contributed by atoms with Crippen molar-refractivity contribution in [2.24, 2.45) is 0 Å². The van der Waals surface area contributed by atoms with E-state index >= 15 is 0 Å². The molecule has 0 aliphatic carbocycles. The second kappa shape index (κ2) is 3.10. The average Bonchev–Trinajstić information content (AvgIpc) is 1.96. The standard InChI is InChI=1S/C7H7BrN2O2/c1-3-2-4(9)6(8)10-5(3)7(11)12/h2H,9H2,1H3,(H,11,12). The summed E-state index contributed by atoms with van der Waals surface area (Å²) in [6.07, 6.45) is 0. The normalized spacial score (nSPS) is 9.83. The predicted molar refractivity (Wildman–Crippen MR) is 48.0 cm³/mol. The van der Waals surface area contributed by atoms with Crippen LogP contribution in [0.5, 0.6) is 0 Å². The Morgan fingerprint density at radius 3 is 2.83 bits per heavy atom. The molecule has 0 radical (unpaired) electrons.